The molecule has 0 radical (unpaired) electrons. The second-order valence-corrected chi connectivity index (χ2v) is 4.37. The van der Waals surface area contributed by atoms with E-state index in [1.807, 2.05) is 31.2 Å². The summed E-state index contributed by atoms with van der Waals surface area (Å²) >= 11 is 0. The number of nitrogens with zero attached hydrogens (tertiary/aromatic N) is 1. The highest BCUT2D eigenvalue weighted by molar-refractivity contribution is 5.82. The zero-order valence-corrected chi connectivity index (χ0v) is 10.1. The minimum absolute atomic E-state index is 0.00954. The van der Waals surface area contributed by atoms with Crippen molar-refractivity contribution in [2.75, 3.05) is 18.9 Å². The molecule has 0 aliphatic carbocycles. The van der Waals surface area contributed by atoms with Gasteiger partial charge in [-0.3, -0.25) is 9.63 Å². The Morgan fingerprint density at radius 1 is 1.47 bits per heavy atom. The van der Waals surface area contributed by atoms with E-state index in [2.05, 4.69) is 0 Å². The lowest BCUT2D eigenvalue weighted by molar-refractivity contribution is -0.198. The average molecular weight is 234 g/mol. The van der Waals surface area contributed by atoms with E-state index in [1.54, 1.807) is 0 Å². The Morgan fingerprint density at radius 3 is 2.94 bits per heavy atom. The van der Waals surface area contributed by atoms with Crippen molar-refractivity contribution in [3.8, 4) is 0 Å². The summed E-state index contributed by atoms with van der Waals surface area (Å²) in [5.41, 5.74) is 7.34. The molecule has 2 N–H and O–H groups in total. The van der Waals surface area contributed by atoms with Crippen LogP contribution in [0.2, 0.25) is 0 Å². The molecule has 1 fully saturated rings. The lowest BCUT2D eigenvalue weighted by atomic mass is 9.99. The largest absolute Gasteiger partial charge is 0.399 e. The Morgan fingerprint density at radius 2 is 2.29 bits per heavy atom. The molecule has 1 saturated heterocycles. The third-order valence-electron chi connectivity index (χ3n) is 3.03. The van der Waals surface area contributed by atoms with Crippen LogP contribution in [-0.2, 0) is 9.63 Å². The van der Waals surface area contributed by atoms with Crippen LogP contribution in [0.5, 0.6) is 0 Å². The van der Waals surface area contributed by atoms with Crippen molar-refractivity contribution in [2.24, 2.45) is 0 Å². The molecule has 1 aliphatic heterocycles. The van der Waals surface area contributed by atoms with E-state index >= 15 is 0 Å². The van der Waals surface area contributed by atoms with E-state index in [0.29, 0.717) is 18.8 Å². The van der Waals surface area contributed by atoms with E-state index in [4.69, 9.17) is 10.6 Å². The lowest BCUT2D eigenvalue weighted by Gasteiger charge is -2.28. The highest BCUT2D eigenvalue weighted by Crippen LogP contribution is 2.21. The molecule has 1 amide bonds. The highest BCUT2D eigenvalue weighted by atomic mass is 16.7. The number of carbonyl (C=O) groups excluding carboxylic acids is 1. The molecule has 1 heterocycles. The summed E-state index contributed by atoms with van der Waals surface area (Å²) < 4.78 is 0. The number of hydrogen-bond acceptors (Lipinski definition) is 3. The molecule has 0 saturated carbocycles. The van der Waals surface area contributed by atoms with Crippen molar-refractivity contribution in [3.05, 3.63) is 29.8 Å². The summed E-state index contributed by atoms with van der Waals surface area (Å²) in [4.78, 5) is 17.5. The molecular weight excluding hydrogens is 216 g/mol. The van der Waals surface area contributed by atoms with Gasteiger partial charge in [-0.05, 0) is 37.5 Å². The zero-order valence-electron chi connectivity index (χ0n) is 10.1. The number of nitrogen functional groups attached to an aromatic ring is 1. The summed E-state index contributed by atoms with van der Waals surface area (Å²) in [5.74, 6) is -0.202. The molecule has 17 heavy (non-hydrogen) atoms. The number of anilines is 1. The molecule has 2 rings (SSSR count). The van der Waals surface area contributed by atoms with Crippen molar-refractivity contribution >= 4 is 11.6 Å². The standard InChI is InChI=1S/C13H18N2O2/c1-10(11-5-4-6-12(14)9-11)13(16)15-7-2-3-8-17-15/h4-6,9-10H,2-3,7-8,14H2,1H3. The van der Waals surface area contributed by atoms with Gasteiger partial charge in [-0.1, -0.05) is 12.1 Å². The maximum atomic E-state index is 12.2. The molecular formula is C13H18N2O2. The number of nitrogens with two attached hydrogens (primary N) is 1. The minimum atomic E-state index is -0.211. The smallest absolute Gasteiger partial charge is 0.253 e. The molecule has 4 heteroatoms. The molecule has 4 nitrogen and oxygen atoms in total. The van der Waals surface area contributed by atoms with E-state index in [-0.39, 0.29) is 11.8 Å². The van der Waals surface area contributed by atoms with Crippen LogP contribution >= 0.6 is 0 Å². The van der Waals surface area contributed by atoms with Crippen molar-refractivity contribution in [2.45, 2.75) is 25.7 Å². The first-order valence-corrected chi connectivity index (χ1v) is 5.98. The van der Waals surface area contributed by atoms with Gasteiger partial charge >= 0.3 is 0 Å². The SMILES string of the molecule is CC(C(=O)N1CCCCO1)c1cccc(N)c1. The molecule has 1 atom stereocenters. The van der Waals surface area contributed by atoms with Gasteiger partial charge < -0.3 is 5.73 Å². The normalized spacial score (nSPS) is 17.8. The van der Waals surface area contributed by atoms with Gasteiger partial charge in [0.25, 0.3) is 5.91 Å². The van der Waals surface area contributed by atoms with Crippen molar-refractivity contribution < 1.29 is 9.63 Å². The fraction of sp³-hybridized carbons (Fsp3) is 0.462. The van der Waals surface area contributed by atoms with Crippen LogP contribution in [0.15, 0.2) is 24.3 Å². The molecule has 1 aromatic rings. The second kappa shape index (κ2) is 5.19. The fourth-order valence-electron chi connectivity index (χ4n) is 1.96. The number of carbonyl (C=O) groups is 1. The first kappa shape index (κ1) is 11.9. The molecule has 1 aromatic carbocycles. The summed E-state index contributed by atoms with van der Waals surface area (Å²) in [7, 11) is 0. The second-order valence-electron chi connectivity index (χ2n) is 4.37. The van der Waals surface area contributed by atoms with Crippen LogP contribution < -0.4 is 5.73 Å². The van der Waals surface area contributed by atoms with Crippen LogP contribution in [0.3, 0.4) is 0 Å². The Bertz CT molecular complexity index is 400. The van der Waals surface area contributed by atoms with Gasteiger partial charge in [0.15, 0.2) is 0 Å². The van der Waals surface area contributed by atoms with E-state index < -0.39 is 0 Å². The Kier molecular flexibility index (Phi) is 3.64. The molecule has 0 spiro atoms. The van der Waals surface area contributed by atoms with Crippen molar-refractivity contribution in [1.82, 2.24) is 5.06 Å². The van der Waals surface area contributed by atoms with Crippen LogP contribution in [0, 0.1) is 0 Å². The van der Waals surface area contributed by atoms with Gasteiger partial charge in [0.05, 0.1) is 12.5 Å². The maximum absolute atomic E-state index is 12.2. The summed E-state index contributed by atoms with van der Waals surface area (Å²) in [6, 6.07) is 7.44. The Hall–Kier alpha value is -1.55. The Labute approximate surface area is 101 Å². The van der Waals surface area contributed by atoms with E-state index in [9.17, 15) is 4.79 Å². The zero-order chi connectivity index (χ0) is 12.3. The average Bonchev–Trinajstić information content (AvgIpc) is 2.38. The van der Waals surface area contributed by atoms with Gasteiger partial charge in [0.2, 0.25) is 0 Å². The van der Waals surface area contributed by atoms with Crippen molar-refractivity contribution in [1.29, 1.82) is 0 Å². The predicted molar refractivity (Wildman–Crippen MR) is 66.2 cm³/mol. The predicted octanol–water partition coefficient (Wildman–Crippen LogP) is 1.93. The minimum Gasteiger partial charge on any atom is -0.399 e. The van der Waals surface area contributed by atoms with Gasteiger partial charge in [0.1, 0.15) is 0 Å². The summed E-state index contributed by atoms with van der Waals surface area (Å²) in [6.07, 6.45) is 2.03. The third kappa shape index (κ3) is 2.77. The lowest BCUT2D eigenvalue weighted by Crippen LogP contribution is -2.38. The number of hydrogen-bond donors (Lipinski definition) is 1. The quantitative estimate of drug-likeness (QED) is 0.795. The number of amides is 1. The highest BCUT2D eigenvalue weighted by Gasteiger charge is 2.24. The monoisotopic (exact) mass is 234 g/mol. The van der Waals surface area contributed by atoms with Gasteiger partial charge in [0, 0.05) is 12.2 Å². The van der Waals surface area contributed by atoms with Crippen molar-refractivity contribution in [3.63, 3.8) is 0 Å². The van der Waals surface area contributed by atoms with Gasteiger partial charge in [-0.2, -0.15) is 0 Å². The van der Waals surface area contributed by atoms with Gasteiger partial charge in [-0.25, -0.2) is 5.06 Å². The number of hydroxylamine groups is 2. The maximum Gasteiger partial charge on any atom is 0.253 e. The molecule has 1 unspecified atom stereocenters. The third-order valence-corrected chi connectivity index (χ3v) is 3.03. The van der Waals surface area contributed by atoms with Crippen LogP contribution in [0.25, 0.3) is 0 Å². The van der Waals surface area contributed by atoms with Crippen LogP contribution in [-0.4, -0.2) is 24.1 Å². The fourth-order valence-corrected chi connectivity index (χ4v) is 1.96. The molecule has 92 valence electrons. The van der Waals surface area contributed by atoms with Gasteiger partial charge in [-0.15, -0.1) is 0 Å². The topological polar surface area (TPSA) is 55.6 Å². The number of benzene rings is 1. The first-order chi connectivity index (χ1) is 8.18. The Balaban J connectivity index is 2.08. The summed E-state index contributed by atoms with van der Waals surface area (Å²) in [6.45, 7) is 3.20. The van der Waals surface area contributed by atoms with E-state index in [0.717, 1.165) is 18.4 Å². The van der Waals surface area contributed by atoms with Crippen LogP contribution in [0.1, 0.15) is 31.2 Å². The molecule has 0 bridgehead atoms. The van der Waals surface area contributed by atoms with Crippen LogP contribution in [0.4, 0.5) is 5.69 Å². The molecule has 0 aromatic heterocycles. The summed E-state index contributed by atoms with van der Waals surface area (Å²) in [5, 5.41) is 1.48. The first-order valence-electron chi connectivity index (χ1n) is 5.98. The van der Waals surface area contributed by atoms with E-state index in [1.165, 1.54) is 5.06 Å². The number of rotatable bonds is 2. The molecule has 1 aliphatic rings.